The number of piperidine rings is 2. The molecule has 0 radical (unpaired) electrons. The number of aromatic nitrogens is 1. The van der Waals surface area contributed by atoms with Crippen LogP contribution >= 0.6 is 27.3 Å². The number of benzene rings is 3. The van der Waals surface area contributed by atoms with Crippen LogP contribution in [0.5, 0.6) is 17.2 Å². The molecule has 1 atom stereocenters. The molecule has 5 aromatic rings. The summed E-state index contributed by atoms with van der Waals surface area (Å²) in [6.45, 7) is 6.27. The van der Waals surface area contributed by atoms with E-state index in [1.807, 2.05) is 54.6 Å². The molecule has 4 aliphatic rings. The number of amides is 3. The number of halogens is 2. The third-order valence-electron chi connectivity index (χ3n) is 11.4. The Hall–Kier alpha value is -5.05. The Labute approximate surface area is 335 Å². The van der Waals surface area contributed by atoms with Crippen molar-refractivity contribution in [3.8, 4) is 27.7 Å². The first-order valence-corrected chi connectivity index (χ1v) is 20.6. The standard InChI is InChI=1S/C42H40BrFN6O5S/c43-27-3-1-26(2-4-27)40-39(31-7-5-28(51)21-36(31)56-40)55-29-6-9-34(32(44)22-29)48-15-13-25(14-16-48)23-47-17-19-49(20-18-47)37-11-8-30-33(45-37)24-50(42(30)54)35-10-12-38(52)46-41(35)53/h1-9,11,21-22,25,35,51H,10,12-20,23-24H2,(H,46,52,53). The van der Waals surface area contributed by atoms with E-state index in [0.717, 1.165) is 89.5 Å². The molecule has 3 aromatic carbocycles. The Morgan fingerprint density at radius 1 is 0.893 bits per heavy atom. The van der Waals surface area contributed by atoms with E-state index in [-0.39, 0.29) is 36.3 Å². The molecule has 56 heavy (non-hydrogen) atoms. The van der Waals surface area contributed by atoms with Crippen molar-refractivity contribution in [3.63, 3.8) is 0 Å². The first kappa shape index (κ1) is 36.6. The van der Waals surface area contributed by atoms with Gasteiger partial charge in [-0.3, -0.25) is 24.6 Å². The third-order valence-corrected chi connectivity index (χ3v) is 13.1. The van der Waals surface area contributed by atoms with Crippen LogP contribution in [0.4, 0.5) is 15.9 Å². The number of piperazine rings is 1. The maximum absolute atomic E-state index is 15.7. The number of fused-ring (bicyclic) bond motifs is 2. The fraction of sp³-hybridized carbons (Fsp3) is 0.333. The zero-order valence-corrected chi connectivity index (χ0v) is 33.0. The van der Waals surface area contributed by atoms with Crippen molar-refractivity contribution >= 4 is 66.6 Å². The number of ether oxygens (including phenoxy) is 1. The van der Waals surface area contributed by atoms with E-state index in [1.165, 1.54) is 22.3 Å². The van der Waals surface area contributed by atoms with Crippen LogP contribution in [-0.4, -0.2) is 89.5 Å². The number of phenols is 1. The highest BCUT2D eigenvalue weighted by atomic mass is 79.9. The Morgan fingerprint density at radius 3 is 2.43 bits per heavy atom. The first-order valence-electron chi connectivity index (χ1n) is 19.0. The molecule has 0 spiro atoms. The minimum Gasteiger partial charge on any atom is -0.508 e. The van der Waals surface area contributed by atoms with Gasteiger partial charge in [0.05, 0.1) is 28.4 Å². The van der Waals surface area contributed by atoms with Gasteiger partial charge < -0.3 is 24.5 Å². The third kappa shape index (κ3) is 7.21. The Bertz CT molecular complexity index is 2340. The average Bonchev–Trinajstić information content (AvgIpc) is 3.71. The van der Waals surface area contributed by atoms with Crippen molar-refractivity contribution in [2.75, 3.05) is 55.6 Å². The van der Waals surface area contributed by atoms with E-state index >= 15 is 4.39 Å². The van der Waals surface area contributed by atoms with E-state index < -0.39 is 11.9 Å². The van der Waals surface area contributed by atoms with Crippen molar-refractivity contribution in [2.24, 2.45) is 5.92 Å². The van der Waals surface area contributed by atoms with Gasteiger partial charge in [0, 0.05) is 72.9 Å². The van der Waals surface area contributed by atoms with Crippen LogP contribution in [0, 0.1) is 11.7 Å². The van der Waals surface area contributed by atoms with Crippen LogP contribution in [-0.2, 0) is 16.1 Å². The van der Waals surface area contributed by atoms with Crippen molar-refractivity contribution in [3.05, 3.63) is 94.3 Å². The maximum atomic E-state index is 15.7. The first-order chi connectivity index (χ1) is 27.2. The van der Waals surface area contributed by atoms with Crippen LogP contribution in [0.25, 0.3) is 20.5 Å². The largest absolute Gasteiger partial charge is 0.508 e. The quantitative estimate of drug-likeness (QED) is 0.157. The number of hydrogen-bond donors (Lipinski definition) is 2. The van der Waals surface area contributed by atoms with E-state index in [0.29, 0.717) is 40.8 Å². The smallest absolute Gasteiger partial charge is 0.256 e. The second kappa shape index (κ2) is 15.1. The number of pyridine rings is 1. The molecule has 288 valence electrons. The van der Waals surface area contributed by atoms with Gasteiger partial charge in [0.1, 0.15) is 29.2 Å². The number of anilines is 2. The van der Waals surface area contributed by atoms with Crippen LogP contribution in [0.3, 0.4) is 0 Å². The molecule has 11 nitrogen and oxygen atoms in total. The summed E-state index contributed by atoms with van der Waals surface area (Å²) in [6, 6.07) is 21.3. The van der Waals surface area contributed by atoms with Crippen LogP contribution < -0.4 is 19.9 Å². The lowest BCUT2D eigenvalue weighted by Crippen LogP contribution is -2.52. The Balaban J connectivity index is 0.783. The molecule has 4 aliphatic heterocycles. The van der Waals surface area contributed by atoms with Gasteiger partial charge in [0.15, 0.2) is 5.75 Å². The van der Waals surface area contributed by atoms with Gasteiger partial charge in [-0.1, -0.05) is 28.1 Å². The molecule has 0 bridgehead atoms. The highest BCUT2D eigenvalue weighted by Gasteiger charge is 2.40. The number of nitrogens with one attached hydrogen (secondary N) is 1. The van der Waals surface area contributed by atoms with E-state index in [9.17, 15) is 19.5 Å². The van der Waals surface area contributed by atoms with Gasteiger partial charge in [-0.05, 0) is 85.3 Å². The SMILES string of the molecule is O=C1CCC(N2Cc3nc(N4CCN(CC5CCN(c6ccc(Oc7c(-c8ccc(Br)cc8)sc8cc(O)ccc78)cc6F)CC5)CC4)ccc3C2=O)C(=O)N1. The number of imide groups is 1. The van der Waals surface area contributed by atoms with Gasteiger partial charge in [-0.25, -0.2) is 9.37 Å². The number of carbonyl (C=O) groups excluding carboxylic acids is 3. The molecular formula is C42H40BrFN6O5S. The highest BCUT2D eigenvalue weighted by molar-refractivity contribution is 9.10. The Morgan fingerprint density at radius 2 is 1.68 bits per heavy atom. The number of aromatic hydroxyl groups is 1. The second-order valence-corrected chi connectivity index (χ2v) is 16.9. The monoisotopic (exact) mass is 838 g/mol. The number of thiophene rings is 1. The summed E-state index contributed by atoms with van der Waals surface area (Å²) >= 11 is 5.03. The average molecular weight is 840 g/mol. The topological polar surface area (TPSA) is 119 Å². The highest BCUT2D eigenvalue weighted by Crippen LogP contribution is 2.47. The second-order valence-electron chi connectivity index (χ2n) is 14.9. The minimum absolute atomic E-state index is 0.182. The van der Waals surface area contributed by atoms with Crippen molar-refractivity contribution in [1.82, 2.24) is 20.1 Å². The predicted octanol–water partition coefficient (Wildman–Crippen LogP) is 7.16. The molecule has 3 saturated heterocycles. The molecule has 3 amide bonds. The minimum atomic E-state index is -0.652. The molecule has 14 heteroatoms. The lowest BCUT2D eigenvalue weighted by molar-refractivity contribution is -0.136. The summed E-state index contributed by atoms with van der Waals surface area (Å²) in [5, 5.41) is 13.3. The van der Waals surface area contributed by atoms with Gasteiger partial charge in [0.2, 0.25) is 11.8 Å². The summed E-state index contributed by atoms with van der Waals surface area (Å²) in [7, 11) is 0. The molecule has 0 aliphatic carbocycles. The van der Waals surface area contributed by atoms with Gasteiger partial charge in [-0.15, -0.1) is 11.3 Å². The normalized spacial score (nSPS) is 19.5. The summed E-state index contributed by atoms with van der Waals surface area (Å²) < 4.78 is 24.0. The molecule has 1 unspecified atom stereocenters. The van der Waals surface area contributed by atoms with Crippen LogP contribution in [0.15, 0.2) is 77.3 Å². The number of hydrogen-bond acceptors (Lipinski definition) is 10. The fourth-order valence-electron chi connectivity index (χ4n) is 8.36. The Kier molecular flexibility index (Phi) is 9.88. The van der Waals surface area contributed by atoms with Gasteiger partial charge in [0.25, 0.3) is 5.91 Å². The molecule has 2 N–H and O–H groups in total. The van der Waals surface area contributed by atoms with E-state index in [2.05, 4.69) is 35.9 Å². The zero-order valence-electron chi connectivity index (χ0n) is 30.5. The summed E-state index contributed by atoms with van der Waals surface area (Å²) in [5.41, 5.74) is 2.76. The summed E-state index contributed by atoms with van der Waals surface area (Å²) in [6.07, 6.45) is 2.51. The number of carbonyl (C=O) groups is 3. The molecule has 0 saturated carbocycles. The number of rotatable bonds is 8. The summed E-state index contributed by atoms with van der Waals surface area (Å²) in [5.74, 6) is 1.35. The number of nitrogens with zero attached hydrogens (tertiary/aromatic N) is 5. The lowest BCUT2D eigenvalue weighted by Gasteiger charge is -2.39. The molecular weight excluding hydrogens is 799 g/mol. The fourth-order valence-corrected chi connectivity index (χ4v) is 9.79. The molecule has 6 heterocycles. The number of phenolic OH excluding ortho intramolecular Hbond substituents is 1. The van der Waals surface area contributed by atoms with Crippen molar-refractivity contribution < 1.29 is 28.6 Å². The maximum Gasteiger partial charge on any atom is 0.256 e. The predicted molar refractivity (Wildman–Crippen MR) is 217 cm³/mol. The van der Waals surface area contributed by atoms with Crippen molar-refractivity contribution in [2.45, 2.75) is 38.3 Å². The zero-order chi connectivity index (χ0) is 38.5. The molecule has 3 fully saturated rings. The molecule has 9 rings (SSSR count). The van der Waals surface area contributed by atoms with Crippen LogP contribution in [0.1, 0.15) is 41.7 Å². The van der Waals surface area contributed by atoms with Crippen LogP contribution in [0.2, 0.25) is 0 Å². The van der Waals surface area contributed by atoms with E-state index in [1.54, 1.807) is 12.1 Å². The van der Waals surface area contributed by atoms with Gasteiger partial charge >= 0.3 is 0 Å². The molecule has 2 aromatic heterocycles. The van der Waals surface area contributed by atoms with Gasteiger partial charge in [-0.2, -0.15) is 0 Å². The van der Waals surface area contributed by atoms with Crippen molar-refractivity contribution in [1.29, 1.82) is 0 Å². The summed E-state index contributed by atoms with van der Waals surface area (Å²) in [4.78, 5) is 51.3. The van der Waals surface area contributed by atoms with E-state index in [4.69, 9.17) is 9.72 Å². The lowest BCUT2D eigenvalue weighted by atomic mass is 9.95.